The average Bonchev–Trinajstić information content (AvgIpc) is 3.41. The fourth-order valence-corrected chi connectivity index (χ4v) is 4.07. The van der Waals surface area contributed by atoms with Crippen molar-refractivity contribution in [2.45, 2.75) is 16.9 Å². The van der Waals surface area contributed by atoms with Crippen molar-refractivity contribution in [2.75, 3.05) is 13.2 Å². The van der Waals surface area contributed by atoms with Gasteiger partial charge in [0.25, 0.3) is 0 Å². The van der Waals surface area contributed by atoms with Crippen LogP contribution in [-0.4, -0.2) is 26.7 Å². The number of fused-ring (bicyclic) bond motifs is 1. The van der Waals surface area contributed by atoms with Crippen LogP contribution in [0.2, 0.25) is 0 Å². The first kappa shape index (κ1) is 16.9. The van der Waals surface area contributed by atoms with Gasteiger partial charge < -0.3 is 18.7 Å². The Labute approximate surface area is 150 Å². The van der Waals surface area contributed by atoms with Crippen LogP contribution in [0, 0.1) is 0 Å². The lowest BCUT2D eigenvalue weighted by Gasteiger charge is -2.25. The first-order valence-corrected chi connectivity index (χ1v) is 9.52. The first-order chi connectivity index (χ1) is 12.5. The molecule has 136 valence electrons. The highest BCUT2D eigenvalue weighted by molar-refractivity contribution is 7.89. The number of aliphatic hydroxyl groups is 1. The molecule has 0 fully saturated rings. The predicted octanol–water partition coefficient (Wildman–Crippen LogP) is 2.02. The number of furan rings is 2. The van der Waals surface area contributed by atoms with E-state index in [1.165, 1.54) is 24.9 Å². The topological polar surface area (TPSA) is 102 Å². The van der Waals surface area contributed by atoms with Crippen molar-refractivity contribution in [1.29, 1.82) is 0 Å². The van der Waals surface area contributed by atoms with Crippen molar-refractivity contribution in [1.82, 2.24) is 4.72 Å². The van der Waals surface area contributed by atoms with Gasteiger partial charge in [-0.3, -0.25) is 0 Å². The van der Waals surface area contributed by atoms with E-state index in [2.05, 4.69) is 4.72 Å². The van der Waals surface area contributed by atoms with Gasteiger partial charge >= 0.3 is 0 Å². The molecule has 1 aliphatic heterocycles. The minimum Gasteiger partial charge on any atom is -0.493 e. The summed E-state index contributed by atoms with van der Waals surface area (Å²) in [6.45, 7) is 0.237. The zero-order valence-corrected chi connectivity index (χ0v) is 14.5. The van der Waals surface area contributed by atoms with Gasteiger partial charge in [0, 0.05) is 12.0 Å². The Kier molecular flexibility index (Phi) is 4.10. The van der Waals surface area contributed by atoms with Gasteiger partial charge in [0.2, 0.25) is 10.0 Å². The fourth-order valence-electron chi connectivity index (χ4n) is 2.96. The molecular formula is C18H17NO6S. The zero-order valence-electron chi connectivity index (χ0n) is 13.7. The molecule has 0 spiro atoms. The van der Waals surface area contributed by atoms with Crippen molar-refractivity contribution in [3.05, 3.63) is 72.1 Å². The molecule has 0 bridgehead atoms. The summed E-state index contributed by atoms with van der Waals surface area (Å²) in [6, 6.07) is 9.48. The number of sulfonamides is 1. The Morgan fingerprint density at radius 2 is 2.08 bits per heavy atom. The van der Waals surface area contributed by atoms with Crippen LogP contribution in [0.25, 0.3) is 0 Å². The van der Waals surface area contributed by atoms with Crippen molar-refractivity contribution in [2.24, 2.45) is 0 Å². The van der Waals surface area contributed by atoms with Crippen molar-refractivity contribution < 1.29 is 27.1 Å². The van der Waals surface area contributed by atoms with Crippen LogP contribution in [0.3, 0.4) is 0 Å². The van der Waals surface area contributed by atoms with Crippen molar-refractivity contribution >= 4 is 10.0 Å². The van der Waals surface area contributed by atoms with Crippen LogP contribution >= 0.6 is 0 Å². The normalized spacial score (nSPS) is 16.0. The lowest BCUT2D eigenvalue weighted by molar-refractivity contribution is 0.0613. The second kappa shape index (κ2) is 6.31. The summed E-state index contributed by atoms with van der Waals surface area (Å²) in [6.07, 6.45) is 4.83. The van der Waals surface area contributed by atoms with Gasteiger partial charge in [-0.2, -0.15) is 0 Å². The molecule has 7 nitrogen and oxygen atoms in total. The summed E-state index contributed by atoms with van der Waals surface area (Å²) in [4.78, 5) is 0.121. The largest absolute Gasteiger partial charge is 0.493 e. The third-order valence-electron chi connectivity index (χ3n) is 4.42. The molecule has 0 radical (unpaired) electrons. The van der Waals surface area contributed by atoms with Crippen molar-refractivity contribution in [3.63, 3.8) is 0 Å². The molecule has 3 heterocycles. The standard InChI is InChI=1S/C18H17NO6S/c20-18(14-6-8-23-11-14,17-2-1-7-25-17)12-19-26(21,22)15-3-4-16-13(10-15)5-9-24-16/h1-4,6-8,10-11,19-20H,5,9,12H2/t18-/m1/s1. The van der Waals surface area contributed by atoms with Gasteiger partial charge in [0.15, 0.2) is 5.60 Å². The van der Waals surface area contributed by atoms with E-state index in [1.807, 2.05) is 0 Å². The van der Waals surface area contributed by atoms with Crippen LogP contribution in [0.5, 0.6) is 5.75 Å². The Morgan fingerprint density at radius 1 is 1.19 bits per heavy atom. The molecule has 3 aromatic rings. The quantitative estimate of drug-likeness (QED) is 0.683. The minimum absolute atomic E-state index is 0.121. The van der Waals surface area contributed by atoms with E-state index in [4.69, 9.17) is 13.6 Å². The van der Waals surface area contributed by atoms with E-state index in [0.717, 1.165) is 5.56 Å². The monoisotopic (exact) mass is 375 g/mol. The van der Waals surface area contributed by atoms with Crippen molar-refractivity contribution in [3.8, 4) is 5.75 Å². The molecule has 1 aliphatic rings. The third kappa shape index (κ3) is 2.92. The summed E-state index contributed by atoms with van der Waals surface area (Å²) < 4.78 is 43.6. The van der Waals surface area contributed by atoms with Gasteiger partial charge in [-0.15, -0.1) is 0 Å². The van der Waals surface area contributed by atoms with Gasteiger partial charge in [0.1, 0.15) is 11.5 Å². The zero-order chi connectivity index (χ0) is 18.2. The molecular weight excluding hydrogens is 358 g/mol. The van der Waals surface area contributed by atoms with Crippen LogP contribution in [0.4, 0.5) is 0 Å². The van der Waals surface area contributed by atoms with Gasteiger partial charge in [0.05, 0.1) is 36.8 Å². The van der Waals surface area contributed by atoms with E-state index in [1.54, 1.807) is 30.3 Å². The molecule has 26 heavy (non-hydrogen) atoms. The maximum absolute atomic E-state index is 12.7. The van der Waals surface area contributed by atoms with Crippen LogP contribution in [-0.2, 0) is 22.0 Å². The Hall–Kier alpha value is -2.55. The molecule has 2 N–H and O–H groups in total. The Morgan fingerprint density at radius 3 is 2.81 bits per heavy atom. The van der Waals surface area contributed by atoms with E-state index < -0.39 is 15.6 Å². The highest BCUT2D eigenvalue weighted by Crippen LogP contribution is 2.31. The second-order valence-electron chi connectivity index (χ2n) is 6.04. The van der Waals surface area contributed by atoms with Gasteiger partial charge in [-0.05, 0) is 42.0 Å². The number of hydrogen-bond donors (Lipinski definition) is 2. The van der Waals surface area contributed by atoms with Crippen LogP contribution < -0.4 is 9.46 Å². The smallest absolute Gasteiger partial charge is 0.240 e. The number of hydrogen-bond acceptors (Lipinski definition) is 6. The lowest BCUT2D eigenvalue weighted by Crippen LogP contribution is -2.41. The van der Waals surface area contributed by atoms with Crippen LogP contribution in [0.15, 0.2) is 68.9 Å². The molecule has 0 aliphatic carbocycles. The highest BCUT2D eigenvalue weighted by Gasteiger charge is 2.37. The average molecular weight is 375 g/mol. The Balaban J connectivity index is 1.61. The molecule has 0 amide bonds. The summed E-state index contributed by atoms with van der Waals surface area (Å²) >= 11 is 0. The summed E-state index contributed by atoms with van der Waals surface area (Å²) in [5.74, 6) is 0.915. The molecule has 0 saturated carbocycles. The molecule has 1 atom stereocenters. The van der Waals surface area contributed by atoms with E-state index >= 15 is 0 Å². The van der Waals surface area contributed by atoms with Gasteiger partial charge in [-0.25, -0.2) is 13.1 Å². The minimum atomic E-state index is -3.84. The lowest BCUT2D eigenvalue weighted by atomic mass is 9.94. The second-order valence-corrected chi connectivity index (χ2v) is 7.81. The van der Waals surface area contributed by atoms with E-state index in [0.29, 0.717) is 24.3 Å². The first-order valence-electron chi connectivity index (χ1n) is 8.03. The summed E-state index contributed by atoms with van der Waals surface area (Å²) in [7, 11) is -3.84. The summed E-state index contributed by atoms with van der Waals surface area (Å²) in [5.41, 5.74) is -0.454. The van der Waals surface area contributed by atoms with E-state index in [-0.39, 0.29) is 17.2 Å². The fraction of sp³-hybridized carbons (Fsp3) is 0.222. The summed E-state index contributed by atoms with van der Waals surface area (Å²) in [5, 5.41) is 11.1. The predicted molar refractivity (Wildman–Crippen MR) is 91.2 cm³/mol. The van der Waals surface area contributed by atoms with Crippen LogP contribution in [0.1, 0.15) is 16.9 Å². The highest BCUT2D eigenvalue weighted by atomic mass is 32.2. The third-order valence-corrected chi connectivity index (χ3v) is 5.82. The molecule has 2 aromatic heterocycles. The maximum atomic E-state index is 12.7. The molecule has 8 heteroatoms. The maximum Gasteiger partial charge on any atom is 0.240 e. The number of ether oxygens (including phenoxy) is 1. The van der Waals surface area contributed by atoms with Gasteiger partial charge in [-0.1, -0.05) is 0 Å². The number of nitrogens with one attached hydrogen (secondary N) is 1. The SMILES string of the molecule is O=S(=O)(NC[C@@](O)(c1ccoc1)c1ccco1)c1ccc2c(c1)CCO2. The number of benzene rings is 1. The number of rotatable bonds is 6. The molecule has 1 aromatic carbocycles. The molecule has 4 rings (SSSR count). The Bertz CT molecular complexity index is 958. The molecule has 0 unspecified atom stereocenters. The van der Waals surface area contributed by atoms with E-state index in [9.17, 15) is 13.5 Å². The molecule has 0 saturated heterocycles.